The largest absolute Gasteiger partial charge is 0.505 e. The molecule has 1 unspecified atom stereocenters. The van der Waals surface area contributed by atoms with Crippen LogP contribution in [-0.4, -0.2) is 43.2 Å². The molecule has 0 fully saturated rings. The first-order valence-electron chi connectivity index (χ1n) is 7.17. The Kier molecular flexibility index (Phi) is 4.27. The van der Waals surface area contributed by atoms with Crippen LogP contribution in [0.4, 0.5) is 17.1 Å². The molecule has 0 saturated heterocycles. The molecular weight excluding hydrogens is 268 g/mol. The molecular formula is C15H24N4O2. The summed E-state index contributed by atoms with van der Waals surface area (Å²) in [7, 11) is 5.82. The van der Waals surface area contributed by atoms with E-state index < -0.39 is 0 Å². The Morgan fingerprint density at radius 1 is 1.52 bits per heavy atom. The quantitative estimate of drug-likeness (QED) is 0.741. The van der Waals surface area contributed by atoms with Gasteiger partial charge in [0.1, 0.15) is 11.4 Å². The minimum atomic E-state index is -0.0592. The number of carbonyl (C=O) groups excluding carboxylic acids is 1. The summed E-state index contributed by atoms with van der Waals surface area (Å²) in [6.07, 6.45) is 0.513. The van der Waals surface area contributed by atoms with Crippen molar-refractivity contribution in [2.75, 3.05) is 36.7 Å². The monoisotopic (exact) mass is 292 g/mol. The van der Waals surface area contributed by atoms with Gasteiger partial charge in [0.2, 0.25) is 5.91 Å². The van der Waals surface area contributed by atoms with E-state index in [0.29, 0.717) is 18.7 Å². The van der Waals surface area contributed by atoms with Gasteiger partial charge in [-0.3, -0.25) is 4.79 Å². The number of anilines is 3. The molecule has 116 valence electrons. The molecule has 0 radical (unpaired) electrons. The lowest BCUT2D eigenvalue weighted by Gasteiger charge is -2.20. The summed E-state index contributed by atoms with van der Waals surface area (Å²) in [4.78, 5) is 15.7. The van der Waals surface area contributed by atoms with Gasteiger partial charge in [0.15, 0.2) is 0 Å². The number of hydrogen-bond acceptors (Lipinski definition) is 5. The van der Waals surface area contributed by atoms with Gasteiger partial charge in [-0.2, -0.15) is 0 Å². The smallest absolute Gasteiger partial charge is 0.224 e. The minimum Gasteiger partial charge on any atom is -0.505 e. The summed E-state index contributed by atoms with van der Waals surface area (Å²) in [5.41, 5.74) is 3.04. The lowest BCUT2D eigenvalue weighted by Crippen LogP contribution is -2.28. The highest BCUT2D eigenvalue weighted by molar-refractivity contribution is 5.95. The van der Waals surface area contributed by atoms with Gasteiger partial charge in [-0.25, -0.2) is 0 Å². The Morgan fingerprint density at radius 2 is 2.19 bits per heavy atom. The first-order valence-corrected chi connectivity index (χ1v) is 7.17. The van der Waals surface area contributed by atoms with Crippen LogP contribution in [0.15, 0.2) is 6.07 Å². The van der Waals surface area contributed by atoms with Gasteiger partial charge in [-0.05, 0) is 27.1 Å². The van der Waals surface area contributed by atoms with Crippen molar-refractivity contribution in [2.45, 2.75) is 33.0 Å². The number of hydrogen-bond donors (Lipinski definition) is 3. The van der Waals surface area contributed by atoms with Crippen molar-refractivity contribution in [3.63, 3.8) is 0 Å². The highest BCUT2D eigenvalue weighted by Gasteiger charge is 2.28. The zero-order chi connectivity index (χ0) is 15.7. The number of carbonyl (C=O) groups is 1. The minimum absolute atomic E-state index is 0.0592. The molecule has 21 heavy (non-hydrogen) atoms. The number of aromatic hydroxyl groups is 1. The molecule has 0 aliphatic carbocycles. The summed E-state index contributed by atoms with van der Waals surface area (Å²) in [6.45, 7) is 4.39. The summed E-state index contributed by atoms with van der Waals surface area (Å²) >= 11 is 0. The number of nitrogens with zero attached hydrogens (tertiary/aromatic N) is 2. The molecule has 0 bridgehead atoms. The summed E-state index contributed by atoms with van der Waals surface area (Å²) < 4.78 is 0. The molecule has 1 atom stereocenters. The second kappa shape index (κ2) is 5.81. The molecule has 0 aromatic heterocycles. The molecule has 1 amide bonds. The second-order valence-corrected chi connectivity index (χ2v) is 5.72. The van der Waals surface area contributed by atoms with E-state index in [4.69, 9.17) is 0 Å². The predicted molar refractivity (Wildman–Crippen MR) is 85.9 cm³/mol. The molecule has 3 N–H and O–H groups in total. The van der Waals surface area contributed by atoms with Crippen LogP contribution in [0.2, 0.25) is 0 Å². The van der Waals surface area contributed by atoms with Gasteiger partial charge >= 0.3 is 0 Å². The highest BCUT2D eigenvalue weighted by Crippen LogP contribution is 2.46. The van der Waals surface area contributed by atoms with Crippen molar-refractivity contribution < 1.29 is 9.90 Å². The first kappa shape index (κ1) is 15.4. The van der Waals surface area contributed by atoms with E-state index in [1.54, 1.807) is 0 Å². The van der Waals surface area contributed by atoms with Crippen LogP contribution in [0.25, 0.3) is 0 Å². The van der Waals surface area contributed by atoms with Gasteiger partial charge in [-0.15, -0.1) is 0 Å². The number of phenolic OH excluding ortho intramolecular Hbond substituents is 1. The maximum atomic E-state index is 11.7. The Morgan fingerprint density at radius 3 is 2.76 bits per heavy atom. The number of fused-ring (bicyclic) bond motifs is 1. The van der Waals surface area contributed by atoms with Crippen LogP contribution in [0, 0.1) is 0 Å². The van der Waals surface area contributed by atoms with E-state index in [9.17, 15) is 9.90 Å². The molecule has 6 heteroatoms. The van der Waals surface area contributed by atoms with Crippen LogP contribution in [0.3, 0.4) is 0 Å². The molecule has 1 aromatic rings. The SMILES string of the molecule is CCC(=O)Nc1cc2c(c(O)c1CN(C)C)NC(C)N2C. The fourth-order valence-corrected chi connectivity index (χ4v) is 2.46. The van der Waals surface area contributed by atoms with Gasteiger partial charge in [-0.1, -0.05) is 6.92 Å². The second-order valence-electron chi connectivity index (χ2n) is 5.72. The number of rotatable bonds is 4. The molecule has 0 saturated carbocycles. The average molecular weight is 292 g/mol. The third-order valence-electron chi connectivity index (χ3n) is 3.77. The molecule has 1 aliphatic rings. The fourth-order valence-electron chi connectivity index (χ4n) is 2.46. The Bertz CT molecular complexity index is 557. The molecule has 1 aliphatic heterocycles. The standard InChI is InChI=1S/C15H24N4O2/c1-6-13(20)17-11-7-12-14(16-9(2)19(12)5)15(21)10(11)8-18(3)4/h7,9,16,21H,6,8H2,1-5H3,(H,17,20). The zero-order valence-corrected chi connectivity index (χ0v) is 13.3. The number of phenols is 1. The van der Waals surface area contributed by atoms with E-state index in [2.05, 4.69) is 10.6 Å². The van der Waals surface area contributed by atoms with Crippen molar-refractivity contribution in [1.29, 1.82) is 0 Å². The highest BCUT2D eigenvalue weighted by atomic mass is 16.3. The Hall–Kier alpha value is -1.95. The fraction of sp³-hybridized carbons (Fsp3) is 0.533. The van der Waals surface area contributed by atoms with Crippen molar-refractivity contribution in [2.24, 2.45) is 0 Å². The van der Waals surface area contributed by atoms with Crippen molar-refractivity contribution in [3.8, 4) is 5.75 Å². The first-order chi connectivity index (χ1) is 9.85. The third-order valence-corrected chi connectivity index (χ3v) is 3.77. The Balaban J connectivity index is 2.51. The number of amides is 1. The van der Waals surface area contributed by atoms with E-state index in [1.165, 1.54) is 0 Å². The number of nitrogens with one attached hydrogen (secondary N) is 2. The van der Waals surface area contributed by atoms with Crippen LogP contribution in [0.1, 0.15) is 25.8 Å². The number of benzene rings is 1. The van der Waals surface area contributed by atoms with Crippen molar-refractivity contribution >= 4 is 23.0 Å². The molecule has 1 heterocycles. The van der Waals surface area contributed by atoms with Gasteiger partial charge in [0.25, 0.3) is 0 Å². The van der Waals surface area contributed by atoms with E-state index in [-0.39, 0.29) is 17.8 Å². The molecule has 6 nitrogen and oxygen atoms in total. The third kappa shape index (κ3) is 2.90. The lowest BCUT2D eigenvalue weighted by molar-refractivity contribution is -0.115. The van der Waals surface area contributed by atoms with Crippen LogP contribution in [-0.2, 0) is 11.3 Å². The maximum absolute atomic E-state index is 11.7. The lowest BCUT2D eigenvalue weighted by atomic mass is 10.1. The van der Waals surface area contributed by atoms with E-state index >= 15 is 0 Å². The average Bonchev–Trinajstić information content (AvgIpc) is 2.70. The van der Waals surface area contributed by atoms with Crippen molar-refractivity contribution in [1.82, 2.24) is 4.90 Å². The predicted octanol–water partition coefficient (Wildman–Crippen LogP) is 2.01. The summed E-state index contributed by atoms with van der Waals surface area (Å²) in [6, 6.07) is 1.93. The van der Waals surface area contributed by atoms with Crippen molar-refractivity contribution in [3.05, 3.63) is 11.6 Å². The van der Waals surface area contributed by atoms with E-state index in [0.717, 1.165) is 16.9 Å². The van der Waals surface area contributed by atoms with Crippen LogP contribution < -0.4 is 15.5 Å². The van der Waals surface area contributed by atoms with Gasteiger partial charge < -0.3 is 25.5 Å². The topological polar surface area (TPSA) is 67.8 Å². The molecule has 2 rings (SSSR count). The maximum Gasteiger partial charge on any atom is 0.224 e. The molecule has 1 aromatic carbocycles. The van der Waals surface area contributed by atoms with Gasteiger partial charge in [0.05, 0.1) is 17.5 Å². The Labute approximate surface area is 125 Å². The van der Waals surface area contributed by atoms with Crippen LogP contribution in [0.5, 0.6) is 5.75 Å². The normalized spacial score (nSPS) is 16.9. The molecule has 0 spiro atoms. The summed E-state index contributed by atoms with van der Waals surface area (Å²) in [5, 5.41) is 16.8. The van der Waals surface area contributed by atoms with E-state index in [1.807, 2.05) is 50.9 Å². The van der Waals surface area contributed by atoms with Gasteiger partial charge in [0, 0.05) is 25.6 Å². The summed E-state index contributed by atoms with van der Waals surface area (Å²) in [5.74, 6) is 0.153. The van der Waals surface area contributed by atoms with Crippen LogP contribution >= 0.6 is 0 Å². The zero-order valence-electron chi connectivity index (χ0n) is 13.3.